The molecule has 3 fully saturated rings. The summed E-state index contributed by atoms with van der Waals surface area (Å²) in [6.07, 6.45) is 1.64. The minimum atomic E-state index is -1.11. The number of urea groups is 1. The average molecular weight is 612 g/mol. The molecule has 1 aromatic carbocycles. The van der Waals surface area contributed by atoms with Crippen LogP contribution in [0.3, 0.4) is 0 Å². The third kappa shape index (κ3) is 7.39. The molecular formula is C32H45N5O7. The summed E-state index contributed by atoms with van der Waals surface area (Å²) in [6, 6.07) is 5.49. The van der Waals surface area contributed by atoms with Crippen molar-refractivity contribution >= 4 is 35.5 Å². The van der Waals surface area contributed by atoms with Gasteiger partial charge in [-0.15, -0.1) is 0 Å². The number of amides is 5. The molecule has 0 aromatic heterocycles. The number of likely N-dealkylation sites (tertiary alicyclic amines) is 1. The Morgan fingerprint density at radius 2 is 1.68 bits per heavy atom. The van der Waals surface area contributed by atoms with Crippen LogP contribution in [-0.2, 0) is 28.7 Å². The van der Waals surface area contributed by atoms with Gasteiger partial charge >= 0.3 is 12.0 Å². The largest absolute Gasteiger partial charge is 0.456 e. The minimum Gasteiger partial charge on any atom is -0.456 e. The summed E-state index contributed by atoms with van der Waals surface area (Å²) in [4.78, 5) is 78.8. The Labute approximate surface area is 258 Å². The number of benzene rings is 1. The van der Waals surface area contributed by atoms with Crippen LogP contribution in [0.5, 0.6) is 0 Å². The van der Waals surface area contributed by atoms with Gasteiger partial charge in [0.05, 0.1) is 6.04 Å². The topological polar surface area (TPSA) is 177 Å². The number of esters is 1. The first-order valence-corrected chi connectivity index (χ1v) is 15.3. The molecule has 1 heterocycles. The van der Waals surface area contributed by atoms with E-state index in [2.05, 4.69) is 16.0 Å². The predicted octanol–water partition coefficient (Wildman–Crippen LogP) is 1.83. The Bertz CT molecular complexity index is 1300. The molecule has 240 valence electrons. The standard InChI is InChI=1S/C32H45N5O7/c1-17(19-10-8-7-9-11-19)44-22(38)15-34-30(43)36-26(31(2,3)4)29(42)37-16-20-23(32(20,5)6)24(37)28(41)35-21(14-18-12-13-18)25(39)27(33)40/h7-11,17-18,20-21,23-24,26H,12-16H2,1-6H3,(H2,33,40)(H,35,41)(H2,34,36,43)/t17-,20-,21?,23-,24-,26+/m0/s1. The number of rotatable bonds is 12. The van der Waals surface area contributed by atoms with Crippen molar-refractivity contribution in [2.75, 3.05) is 13.1 Å². The summed E-state index contributed by atoms with van der Waals surface area (Å²) in [7, 11) is 0. The molecular weight excluding hydrogens is 566 g/mol. The number of fused-ring (bicyclic) bond motifs is 1. The number of Topliss-reactive ketones (excluding diaryl/α,β-unsaturated/α-hetero) is 1. The lowest BCUT2D eigenvalue weighted by atomic mass is 9.85. The maximum absolute atomic E-state index is 14.0. The highest BCUT2D eigenvalue weighted by molar-refractivity contribution is 6.37. The van der Waals surface area contributed by atoms with Crippen molar-refractivity contribution in [1.29, 1.82) is 0 Å². The number of nitrogens with one attached hydrogen (secondary N) is 3. The average Bonchev–Trinajstić information content (AvgIpc) is 3.80. The molecule has 2 saturated carbocycles. The molecule has 0 spiro atoms. The summed E-state index contributed by atoms with van der Waals surface area (Å²) in [5.74, 6) is -3.40. The summed E-state index contributed by atoms with van der Waals surface area (Å²) >= 11 is 0. The van der Waals surface area contributed by atoms with E-state index in [-0.39, 0.29) is 23.2 Å². The molecule has 1 unspecified atom stereocenters. The zero-order valence-corrected chi connectivity index (χ0v) is 26.3. The lowest BCUT2D eigenvalue weighted by molar-refractivity contribution is -0.147. The van der Waals surface area contributed by atoms with E-state index >= 15 is 0 Å². The smallest absolute Gasteiger partial charge is 0.326 e. The van der Waals surface area contributed by atoms with Gasteiger partial charge < -0.3 is 31.3 Å². The molecule has 4 rings (SSSR count). The van der Waals surface area contributed by atoms with Crippen LogP contribution >= 0.6 is 0 Å². The predicted molar refractivity (Wildman–Crippen MR) is 160 cm³/mol. The highest BCUT2D eigenvalue weighted by Gasteiger charge is 2.70. The molecule has 1 aliphatic heterocycles. The van der Waals surface area contributed by atoms with E-state index in [9.17, 15) is 28.8 Å². The van der Waals surface area contributed by atoms with Crippen LogP contribution < -0.4 is 21.7 Å². The van der Waals surface area contributed by atoms with Crippen molar-refractivity contribution in [2.45, 2.75) is 85.0 Å². The van der Waals surface area contributed by atoms with Gasteiger partial charge in [-0.1, -0.05) is 77.8 Å². The summed E-state index contributed by atoms with van der Waals surface area (Å²) in [5, 5.41) is 7.90. The van der Waals surface area contributed by atoms with E-state index in [0.717, 1.165) is 18.4 Å². The highest BCUT2D eigenvalue weighted by Crippen LogP contribution is 2.65. The molecule has 44 heavy (non-hydrogen) atoms. The summed E-state index contributed by atoms with van der Waals surface area (Å²) < 4.78 is 5.40. The Morgan fingerprint density at radius 3 is 2.25 bits per heavy atom. The van der Waals surface area contributed by atoms with E-state index in [1.165, 1.54) is 4.90 Å². The van der Waals surface area contributed by atoms with Gasteiger partial charge in [-0.05, 0) is 47.5 Å². The Kier molecular flexibility index (Phi) is 9.41. The number of ether oxygens (including phenoxy) is 1. The number of nitrogens with two attached hydrogens (primary N) is 1. The molecule has 3 aliphatic rings. The van der Waals surface area contributed by atoms with Crippen LogP contribution in [-0.4, -0.2) is 71.6 Å². The minimum absolute atomic E-state index is 0.0618. The number of ketones is 1. The van der Waals surface area contributed by atoms with Crippen LogP contribution in [0.25, 0.3) is 0 Å². The van der Waals surface area contributed by atoms with E-state index in [1.54, 1.807) is 27.7 Å². The second-order valence-electron chi connectivity index (χ2n) is 14.0. The van der Waals surface area contributed by atoms with Crippen LogP contribution in [0.1, 0.15) is 72.5 Å². The maximum atomic E-state index is 14.0. The number of carbonyl (C=O) groups excluding carboxylic acids is 6. The molecule has 12 nitrogen and oxygen atoms in total. The molecule has 0 bridgehead atoms. The highest BCUT2D eigenvalue weighted by atomic mass is 16.5. The van der Waals surface area contributed by atoms with Crippen LogP contribution in [0.4, 0.5) is 4.79 Å². The van der Waals surface area contributed by atoms with Crippen molar-refractivity contribution in [1.82, 2.24) is 20.9 Å². The van der Waals surface area contributed by atoms with Gasteiger partial charge in [-0.25, -0.2) is 4.79 Å². The lowest BCUT2D eigenvalue weighted by Crippen LogP contribution is -2.61. The number of carbonyl (C=O) groups is 6. The maximum Gasteiger partial charge on any atom is 0.326 e. The number of hydrogen-bond donors (Lipinski definition) is 4. The number of hydrogen-bond acceptors (Lipinski definition) is 7. The first-order chi connectivity index (χ1) is 20.5. The van der Waals surface area contributed by atoms with E-state index in [4.69, 9.17) is 10.5 Å². The second kappa shape index (κ2) is 12.6. The fourth-order valence-electron chi connectivity index (χ4n) is 6.34. The number of piperidine rings is 1. The normalized spacial score (nSPS) is 23.8. The monoisotopic (exact) mass is 611 g/mol. The Hall–Kier alpha value is -3.96. The molecule has 6 atom stereocenters. The Balaban J connectivity index is 1.42. The van der Waals surface area contributed by atoms with Crippen molar-refractivity contribution in [2.24, 2.45) is 34.3 Å². The van der Waals surface area contributed by atoms with E-state index < -0.39 is 71.7 Å². The molecule has 2 aliphatic carbocycles. The zero-order chi connectivity index (χ0) is 32.6. The summed E-state index contributed by atoms with van der Waals surface area (Å²) in [6.45, 7) is 11.1. The van der Waals surface area contributed by atoms with Crippen molar-refractivity contribution in [3.63, 3.8) is 0 Å². The zero-order valence-electron chi connectivity index (χ0n) is 26.3. The van der Waals surface area contributed by atoms with Crippen LogP contribution in [0.15, 0.2) is 30.3 Å². The fourth-order valence-corrected chi connectivity index (χ4v) is 6.34. The number of nitrogens with zero attached hydrogens (tertiary/aromatic N) is 1. The molecule has 5 N–H and O–H groups in total. The second-order valence-corrected chi connectivity index (χ2v) is 14.0. The molecule has 12 heteroatoms. The van der Waals surface area contributed by atoms with Gasteiger partial charge in [0.15, 0.2) is 0 Å². The summed E-state index contributed by atoms with van der Waals surface area (Å²) in [5.41, 5.74) is 5.13. The van der Waals surface area contributed by atoms with Gasteiger partial charge in [0.25, 0.3) is 5.91 Å². The number of primary amides is 1. The SMILES string of the molecule is C[C@H](OC(=O)CNC(=O)N[C@H](C(=O)N1C[C@H]2[C@@H]([C@H]1C(=O)NC(CC1CC1)C(=O)C(N)=O)C2(C)C)C(C)(C)C)c1ccccc1. The quantitative estimate of drug-likeness (QED) is 0.206. The lowest BCUT2D eigenvalue weighted by Gasteiger charge is -2.37. The van der Waals surface area contributed by atoms with Gasteiger partial charge in [-0.2, -0.15) is 0 Å². The van der Waals surface area contributed by atoms with E-state index in [0.29, 0.717) is 13.0 Å². The fraction of sp³-hybridized carbons (Fsp3) is 0.625. The van der Waals surface area contributed by atoms with Crippen molar-refractivity contribution in [3.05, 3.63) is 35.9 Å². The molecule has 1 aromatic rings. The molecule has 1 saturated heterocycles. The van der Waals surface area contributed by atoms with Gasteiger partial charge in [0.1, 0.15) is 24.7 Å². The molecule has 5 amide bonds. The third-order valence-electron chi connectivity index (χ3n) is 9.26. The Morgan fingerprint density at radius 1 is 1.05 bits per heavy atom. The van der Waals surface area contributed by atoms with Gasteiger partial charge in [0, 0.05) is 6.54 Å². The van der Waals surface area contributed by atoms with Crippen molar-refractivity contribution in [3.8, 4) is 0 Å². The van der Waals surface area contributed by atoms with Crippen LogP contribution in [0, 0.1) is 28.6 Å². The van der Waals surface area contributed by atoms with Gasteiger partial charge in [0.2, 0.25) is 17.6 Å². The first-order valence-electron chi connectivity index (χ1n) is 15.3. The van der Waals surface area contributed by atoms with Crippen molar-refractivity contribution < 1.29 is 33.5 Å². The van der Waals surface area contributed by atoms with Gasteiger partial charge in [-0.3, -0.25) is 24.0 Å². The van der Waals surface area contributed by atoms with E-state index in [1.807, 2.05) is 44.2 Å². The third-order valence-corrected chi connectivity index (χ3v) is 9.26. The molecule has 0 radical (unpaired) electrons. The van der Waals surface area contributed by atoms with Crippen LogP contribution in [0.2, 0.25) is 0 Å². The first kappa shape index (κ1) is 32.9.